The van der Waals surface area contributed by atoms with Crippen LogP contribution in [0.1, 0.15) is 30.0 Å². The summed E-state index contributed by atoms with van der Waals surface area (Å²) in [5, 5.41) is 8.59. The van der Waals surface area contributed by atoms with E-state index >= 15 is 0 Å². The molecular weight excluding hydrogens is 378 g/mol. The summed E-state index contributed by atoms with van der Waals surface area (Å²) in [6, 6.07) is 17.2. The maximum absolute atomic E-state index is 12.2. The summed E-state index contributed by atoms with van der Waals surface area (Å²) in [7, 11) is 0. The number of aryl methyl sites for hydroxylation is 1. The summed E-state index contributed by atoms with van der Waals surface area (Å²) in [5.74, 6) is -0.946. The first kappa shape index (κ1) is 21.0. The highest BCUT2D eigenvalue weighted by Gasteiger charge is 2.14. The summed E-state index contributed by atoms with van der Waals surface area (Å²) in [5.41, 5.74) is 5.59. The molecule has 0 spiro atoms. The van der Waals surface area contributed by atoms with Crippen LogP contribution in [-0.2, 0) is 9.59 Å². The molecule has 2 N–H and O–H groups in total. The van der Waals surface area contributed by atoms with Crippen molar-refractivity contribution < 1.29 is 14.3 Å². The average Bonchev–Trinajstić information content (AvgIpc) is 2.75. The zero-order valence-corrected chi connectivity index (χ0v) is 17.4. The van der Waals surface area contributed by atoms with Gasteiger partial charge in [0.2, 0.25) is 0 Å². The van der Waals surface area contributed by atoms with Gasteiger partial charge in [-0.05, 0) is 54.3 Å². The number of hydrogen-bond acceptors (Lipinski definition) is 4. The highest BCUT2D eigenvalue weighted by Crippen LogP contribution is 2.26. The van der Waals surface area contributed by atoms with E-state index in [0.717, 1.165) is 33.9 Å². The summed E-state index contributed by atoms with van der Waals surface area (Å²) in [4.78, 5) is 24.4. The molecule has 0 atom stereocenters. The van der Waals surface area contributed by atoms with E-state index < -0.39 is 11.8 Å². The lowest BCUT2D eigenvalue weighted by molar-refractivity contribution is -0.136. The molecule has 0 aliphatic rings. The highest BCUT2D eigenvalue weighted by molar-refractivity contribution is 6.39. The fraction of sp³-hybridized carbons (Fsp3) is 0.208. The van der Waals surface area contributed by atoms with Gasteiger partial charge in [-0.1, -0.05) is 49.4 Å². The summed E-state index contributed by atoms with van der Waals surface area (Å²) >= 11 is 0. The zero-order valence-electron chi connectivity index (χ0n) is 17.4. The van der Waals surface area contributed by atoms with E-state index in [9.17, 15) is 9.59 Å². The molecule has 0 fully saturated rings. The van der Waals surface area contributed by atoms with Crippen molar-refractivity contribution in [3.8, 4) is 5.75 Å². The van der Waals surface area contributed by atoms with Gasteiger partial charge in [0.15, 0.2) is 0 Å². The van der Waals surface area contributed by atoms with E-state index in [1.807, 2.05) is 69.3 Å². The van der Waals surface area contributed by atoms with E-state index in [0.29, 0.717) is 18.0 Å². The van der Waals surface area contributed by atoms with Gasteiger partial charge in [-0.2, -0.15) is 5.10 Å². The van der Waals surface area contributed by atoms with E-state index in [1.54, 1.807) is 6.07 Å². The summed E-state index contributed by atoms with van der Waals surface area (Å²) < 4.78 is 5.82. The summed E-state index contributed by atoms with van der Waals surface area (Å²) in [6.45, 7) is 6.43. The Bertz CT molecular complexity index is 1110. The lowest BCUT2D eigenvalue weighted by Gasteiger charge is -2.11. The quantitative estimate of drug-likeness (QED) is 0.365. The second kappa shape index (κ2) is 9.69. The molecule has 30 heavy (non-hydrogen) atoms. The van der Waals surface area contributed by atoms with Crippen LogP contribution in [-0.4, -0.2) is 24.6 Å². The molecule has 0 aromatic heterocycles. The Labute approximate surface area is 175 Å². The third kappa shape index (κ3) is 4.84. The Hall–Kier alpha value is -3.67. The third-order valence-electron chi connectivity index (χ3n) is 4.81. The van der Waals surface area contributed by atoms with Gasteiger partial charge < -0.3 is 10.1 Å². The van der Waals surface area contributed by atoms with Crippen LogP contribution in [0.3, 0.4) is 0 Å². The first-order valence-electron chi connectivity index (χ1n) is 9.86. The lowest BCUT2D eigenvalue weighted by atomic mass is 10.0. The number of fused-ring (bicyclic) bond motifs is 1. The number of rotatable bonds is 6. The van der Waals surface area contributed by atoms with Crippen LogP contribution < -0.4 is 15.5 Å². The van der Waals surface area contributed by atoms with E-state index in [1.165, 1.54) is 6.21 Å². The number of amides is 2. The maximum Gasteiger partial charge on any atom is 0.329 e. The predicted molar refractivity (Wildman–Crippen MR) is 120 cm³/mol. The van der Waals surface area contributed by atoms with Crippen LogP contribution in [0, 0.1) is 13.8 Å². The zero-order chi connectivity index (χ0) is 21.5. The topological polar surface area (TPSA) is 79.8 Å². The van der Waals surface area contributed by atoms with E-state index in [4.69, 9.17) is 4.74 Å². The van der Waals surface area contributed by atoms with Crippen LogP contribution >= 0.6 is 0 Å². The van der Waals surface area contributed by atoms with Gasteiger partial charge >= 0.3 is 11.8 Å². The van der Waals surface area contributed by atoms with Crippen LogP contribution in [0.4, 0.5) is 5.69 Å². The van der Waals surface area contributed by atoms with Crippen molar-refractivity contribution in [2.24, 2.45) is 5.10 Å². The number of hydrazone groups is 1. The Kier molecular flexibility index (Phi) is 6.80. The minimum absolute atomic E-state index is 0.573. The van der Waals surface area contributed by atoms with E-state index in [2.05, 4.69) is 15.8 Å². The van der Waals surface area contributed by atoms with E-state index in [-0.39, 0.29) is 0 Å². The Balaban J connectivity index is 1.75. The molecule has 0 heterocycles. The second-order valence-corrected chi connectivity index (χ2v) is 6.95. The smallest absolute Gasteiger partial charge is 0.329 e. The van der Waals surface area contributed by atoms with Gasteiger partial charge in [0.25, 0.3) is 0 Å². The average molecular weight is 403 g/mol. The Morgan fingerprint density at radius 3 is 2.60 bits per heavy atom. The van der Waals surface area contributed by atoms with Gasteiger partial charge in [0.05, 0.1) is 12.8 Å². The first-order chi connectivity index (χ1) is 14.5. The van der Waals surface area contributed by atoms with Crippen molar-refractivity contribution in [1.29, 1.82) is 0 Å². The van der Waals surface area contributed by atoms with Crippen LogP contribution in [0.2, 0.25) is 0 Å². The van der Waals surface area contributed by atoms with Gasteiger partial charge in [-0.15, -0.1) is 0 Å². The standard InChI is InChI=1S/C24H25N3O3/c1-4-14-30-22-13-12-18-9-5-6-10-19(18)20(22)15-25-27-24(29)23(28)26-21-11-7-8-16(2)17(21)3/h5-13,15H,4,14H2,1-3H3,(H,26,28)(H,27,29)/b25-15-. The highest BCUT2D eigenvalue weighted by atomic mass is 16.5. The van der Waals surface area contributed by atoms with Gasteiger partial charge in [-0.25, -0.2) is 5.43 Å². The first-order valence-corrected chi connectivity index (χ1v) is 9.86. The predicted octanol–water partition coefficient (Wildman–Crippen LogP) is 4.33. The number of carbonyl (C=O) groups is 2. The molecule has 3 aromatic carbocycles. The molecule has 6 nitrogen and oxygen atoms in total. The number of hydrogen-bond donors (Lipinski definition) is 2. The molecule has 154 valence electrons. The van der Waals surface area contributed by atoms with Crippen LogP contribution in [0.5, 0.6) is 5.75 Å². The number of nitrogens with zero attached hydrogens (tertiary/aromatic N) is 1. The molecule has 0 saturated carbocycles. The number of ether oxygens (including phenoxy) is 1. The Morgan fingerprint density at radius 1 is 1.00 bits per heavy atom. The monoisotopic (exact) mass is 403 g/mol. The molecule has 3 aromatic rings. The molecule has 6 heteroatoms. The lowest BCUT2D eigenvalue weighted by Crippen LogP contribution is -2.32. The molecule has 0 aliphatic heterocycles. The molecule has 0 saturated heterocycles. The van der Waals surface area contributed by atoms with Crippen molar-refractivity contribution in [2.75, 3.05) is 11.9 Å². The number of benzene rings is 3. The SMILES string of the molecule is CCCOc1ccc2ccccc2c1/C=N\NC(=O)C(=O)Nc1cccc(C)c1C. The maximum atomic E-state index is 12.2. The molecule has 0 unspecified atom stereocenters. The molecular formula is C24H25N3O3. The number of anilines is 1. The minimum atomic E-state index is -0.844. The van der Waals surface area contributed by atoms with Crippen molar-refractivity contribution in [3.63, 3.8) is 0 Å². The van der Waals surface area contributed by atoms with Gasteiger partial charge in [-0.3, -0.25) is 9.59 Å². The number of carbonyl (C=O) groups excluding carboxylic acids is 2. The van der Waals surface area contributed by atoms with Gasteiger partial charge in [0.1, 0.15) is 5.75 Å². The largest absolute Gasteiger partial charge is 0.493 e. The van der Waals surface area contributed by atoms with Crippen molar-refractivity contribution in [3.05, 3.63) is 71.3 Å². The minimum Gasteiger partial charge on any atom is -0.493 e. The second-order valence-electron chi connectivity index (χ2n) is 6.95. The molecule has 2 amide bonds. The molecule has 0 radical (unpaired) electrons. The van der Waals surface area contributed by atoms with Crippen molar-refractivity contribution >= 4 is 34.5 Å². The van der Waals surface area contributed by atoms with Crippen molar-refractivity contribution in [2.45, 2.75) is 27.2 Å². The van der Waals surface area contributed by atoms with Gasteiger partial charge in [0, 0.05) is 11.3 Å². The third-order valence-corrected chi connectivity index (χ3v) is 4.81. The fourth-order valence-corrected chi connectivity index (χ4v) is 3.02. The normalized spacial score (nSPS) is 10.9. The molecule has 0 aliphatic carbocycles. The Morgan fingerprint density at radius 2 is 1.80 bits per heavy atom. The molecule has 0 bridgehead atoms. The summed E-state index contributed by atoms with van der Waals surface area (Å²) in [6.07, 6.45) is 2.38. The number of nitrogens with one attached hydrogen (secondary N) is 2. The van der Waals surface area contributed by atoms with Crippen LogP contribution in [0.25, 0.3) is 10.8 Å². The fourth-order valence-electron chi connectivity index (χ4n) is 3.02. The van der Waals surface area contributed by atoms with Crippen molar-refractivity contribution in [1.82, 2.24) is 5.43 Å². The van der Waals surface area contributed by atoms with Crippen LogP contribution in [0.15, 0.2) is 59.7 Å². The molecule has 3 rings (SSSR count).